The Morgan fingerprint density at radius 3 is 2.87 bits per heavy atom. The summed E-state index contributed by atoms with van der Waals surface area (Å²) in [5.74, 6) is 1.81. The van der Waals surface area contributed by atoms with Crippen LogP contribution in [0.3, 0.4) is 0 Å². The number of hydrogen-bond donors (Lipinski definition) is 1. The highest BCUT2D eigenvalue weighted by atomic mass is 16.3. The van der Waals surface area contributed by atoms with Crippen molar-refractivity contribution >= 4 is 0 Å². The number of rotatable bonds is 0. The highest BCUT2D eigenvalue weighted by Crippen LogP contribution is 2.67. The number of aliphatic hydroxyl groups is 1. The quantitative estimate of drug-likeness (QED) is 0.604. The third kappa shape index (κ3) is 0.982. The lowest BCUT2D eigenvalue weighted by Gasteiger charge is -2.36. The van der Waals surface area contributed by atoms with Crippen molar-refractivity contribution in [2.45, 2.75) is 52.1 Å². The van der Waals surface area contributed by atoms with Gasteiger partial charge < -0.3 is 5.11 Å². The first-order chi connectivity index (χ1) is 6.98. The molecule has 0 saturated heterocycles. The van der Waals surface area contributed by atoms with E-state index in [0.717, 1.165) is 5.92 Å². The van der Waals surface area contributed by atoms with Crippen molar-refractivity contribution in [2.24, 2.45) is 23.2 Å². The molecule has 5 atom stereocenters. The molecule has 0 amide bonds. The Morgan fingerprint density at radius 1 is 1.40 bits per heavy atom. The lowest BCUT2D eigenvalue weighted by atomic mass is 9.69. The molecule has 3 rings (SSSR count). The predicted molar refractivity (Wildman–Crippen MR) is 61.4 cm³/mol. The molecule has 84 valence electrons. The second kappa shape index (κ2) is 2.68. The number of hydrogen-bond acceptors (Lipinski definition) is 1. The molecule has 1 unspecified atom stereocenters. The zero-order chi connectivity index (χ0) is 10.8. The Balaban J connectivity index is 2.11. The molecule has 1 spiro atoms. The van der Waals surface area contributed by atoms with Crippen LogP contribution < -0.4 is 0 Å². The van der Waals surface area contributed by atoms with Crippen LogP contribution in [0.1, 0.15) is 46.5 Å². The summed E-state index contributed by atoms with van der Waals surface area (Å²) in [4.78, 5) is 0. The normalized spacial score (nSPS) is 57.9. The molecule has 2 fully saturated rings. The largest absolute Gasteiger partial charge is 0.389 e. The van der Waals surface area contributed by atoms with Crippen molar-refractivity contribution < 1.29 is 5.11 Å². The molecule has 3 aliphatic carbocycles. The number of allylic oxidation sites excluding steroid dienone is 1. The SMILES string of the molecule is CC1=CC[C@]23C[C@@H]1[C@@](C)(O)C2CC[C@H]3C. The monoisotopic (exact) mass is 206 g/mol. The number of fused-ring (bicyclic) bond motifs is 1. The first kappa shape index (κ1) is 9.89. The van der Waals surface area contributed by atoms with Gasteiger partial charge in [0.25, 0.3) is 0 Å². The van der Waals surface area contributed by atoms with Gasteiger partial charge in [-0.3, -0.25) is 0 Å². The third-order valence-corrected chi connectivity index (χ3v) is 5.91. The fraction of sp³-hybridized carbons (Fsp3) is 0.857. The van der Waals surface area contributed by atoms with Crippen LogP contribution in [-0.4, -0.2) is 10.7 Å². The summed E-state index contributed by atoms with van der Waals surface area (Å²) < 4.78 is 0. The molecule has 0 aromatic rings. The molecule has 0 aromatic carbocycles. The zero-order valence-corrected chi connectivity index (χ0v) is 10.1. The second-order valence-corrected chi connectivity index (χ2v) is 6.40. The van der Waals surface area contributed by atoms with Gasteiger partial charge in [0, 0.05) is 5.92 Å². The van der Waals surface area contributed by atoms with Crippen molar-refractivity contribution in [1.29, 1.82) is 0 Å². The molecular formula is C14H22O. The lowest BCUT2D eigenvalue weighted by molar-refractivity contribution is -0.0208. The average molecular weight is 206 g/mol. The van der Waals surface area contributed by atoms with Crippen LogP contribution >= 0.6 is 0 Å². The van der Waals surface area contributed by atoms with Gasteiger partial charge >= 0.3 is 0 Å². The molecule has 0 aromatic heterocycles. The van der Waals surface area contributed by atoms with Crippen molar-refractivity contribution in [3.63, 3.8) is 0 Å². The highest BCUT2D eigenvalue weighted by molar-refractivity contribution is 5.27. The van der Waals surface area contributed by atoms with Gasteiger partial charge in [-0.1, -0.05) is 18.6 Å². The van der Waals surface area contributed by atoms with Gasteiger partial charge in [0.1, 0.15) is 0 Å². The van der Waals surface area contributed by atoms with Crippen LogP contribution in [0, 0.1) is 23.2 Å². The Hall–Kier alpha value is -0.300. The topological polar surface area (TPSA) is 20.2 Å². The summed E-state index contributed by atoms with van der Waals surface area (Å²) in [5.41, 5.74) is 1.46. The van der Waals surface area contributed by atoms with E-state index in [-0.39, 0.29) is 0 Å². The van der Waals surface area contributed by atoms with E-state index in [9.17, 15) is 5.11 Å². The first-order valence-electron chi connectivity index (χ1n) is 6.37. The van der Waals surface area contributed by atoms with Gasteiger partial charge in [0.2, 0.25) is 0 Å². The van der Waals surface area contributed by atoms with E-state index >= 15 is 0 Å². The average Bonchev–Trinajstić information content (AvgIpc) is 2.57. The summed E-state index contributed by atoms with van der Waals surface area (Å²) in [6, 6.07) is 0. The predicted octanol–water partition coefficient (Wildman–Crippen LogP) is 3.14. The van der Waals surface area contributed by atoms with Gasteiger partial charge in [-0.15, -0.1) is 0 Å². The van der Waals surface area contributed by atoms with Crippen LogP contribution in [0.2, 0.25) is 0 Å². The van der Waals surface area contributed by atoms with Gasteiger partial charge in [-0.2, -0.15) is 0 Å². The van der Waals surface area contributed by atoms with Crippen molar-refractivity contribution in [3.05, 3.63) is 11.6 Å². The Bertz CT molecular complexity index is 328. The Morgan fingerprint density at radius 2 is 2.13 bits per heavy atom. The molecule has 15 heavy (non-hydrogen) atoms. The highest BCUT2D eigenvalue weighted by Gasteiger charge is 2.64. The molecule has 0 aliphatic heterocycles. The fourth-order valence-electron chi connectivity index (χ4n) is 4.92. The van der Waals surface area contributed by atoms with E-state index in [2.05, 4.69) is 26.8 Å². The molecule has 3 aliphatic rings. The van der Waals surface area contributed by atoms with Gasteiger partial charge in [0.15, 0.2) is 0 Å². The summed E-state index contributed by atoms with van der Waals surface area (Å²) in [6.45, 7) is 6.69. The standard InChI is InChI=1S/C14H22O/c1-9-6-7-14-8-11(9)13(3,15)12(14)5-4-10(14)2/h6,10-12,15H,4-5,7-8H2,1-3H3/t10-,11+,12?,13-,14-/m1/s1. The van der Waals surface area contributed by atoms with Crippen LogP contribution in [0.4, 0.5) is 0 Å². The van der Waals surface area contributed by atoms with E-state index < -0.39 is 5.60 Å². The molecule has 1 heteroatoms. The summed E-state index contributed by atoms with van der Waals surface area (Å²) in [5, 5.41) is 10.8. The minimum atomic E-state index is -0.429. The third-order valence-electron chi connectivity index (χ3n) is 5.91. The van der Waals surface area contributed by atoms with Crippen molar-refractivity contribution in [1.82, 2.24) is 0 Å². The Kier molecular flexibility index (Phi) is 1.77. The van der Waals surface area contributed by atoms with Crippen molar-refractivity contribution in [3.8, 4) is 0 Å². The summed E-state index contributed by atoms with van der Waals surface area (Å²) in [6.07, 6.45) is 7.43. The molecule has 0 radical (unpaired) electrons. The molecule has 1 nitrogen and oxygen atoms in total. The van der Waals surface area contributed by atoms with Gasteiger partial charge in [-0.05, 0) is 56.8 Å². The van der Waals surface area contributed by atoms with Crippen molar-refractivity contribution in [2.75, 3.05) is 0 Å². The van der Waals surface area contributed by atoms with E-state index in [1.54, 1.807) is 0 Å². The molecular weight excluding hydrogens is 184 g/mol. The summed E-state index contributed by atoms with van der Waals surface area (Å²) in [7, 11) is 0. The Labute approximate surface area is 92.6 Å². The molecule has 0 heterocycles. The minimum Gasteiger partial charge on any atom is -0.389 e. The first-order valence-corrected chi connectivity index (χ1v) is 6.37. The maximum atomic E-state index is 10.8. The van der Waals surface area contributed by atoms with Gasteiger partial charge in [0.05, 0.1) is 5.60 Å². The van der Waals surface area contributed by atoms with E-state index in [1.807, 2.05) is 0 Å². The maximum absolute atomic E-state index is 10.8. The van der Waals surface area contributed by atoms with E-state index in [1.165, 1.54) is 31.3 Å². The fourth-order valence-corrected chi connectivity index (χ4v) is 4.92. The second-order valence-electron chi connectivity index (χ2n) is 6.40. The minimum absolute atomic E-state index is 0.429. The van der Waals surface area contributed by atoms with E-state index in [4.69, 9.17) is 0 Å². The molecule has 2 saturated carbocycles. The molecule has 1 N–H and O–H groups in total. The van der Waals surface area contributed by atoms with Crippen LogP contribution in [0.5, 0.6) is 0 Å². The molecule has 2 bridgehead atoms. The lowest BCUT2D eigenvalue weighted by Crippen LogP contribution is -2.37. The maximum Gasteiger partial charge on any atom is 0.0718 e. The summed E-state index contributed by atoms with van der Waals surface area (Å²) >= 11 is 0. The van der Waals surface area contributed by atoms with Crippen LogP contribution in [-0.2, 0) is 0 Å². The van der Waals surface area contributed by atoms with Crippen LogP contribution in [0.25, 0.3) is 0 Å². The van der Waals surface area contributed by atoms with E-state index in [0.29, 0.717) is 17.3 Å². The smallest absolute Gasteiger partial charge is 0.0718 e. The van der Waals surface area contributed by atoms with Gasteiger partial charge in [-0.25, -0.2) is 0 Å². The van der Waals surface area contributed by atoms with Crippen LogP contribution in [0.15, 0.2) is 11.6 Å². The zero-order valence-electron chi connectivity index (χ0n) is 10.1.